The summed E-state index contributed by atoms with van der Waals surface area (Å²) in [6.45, 7) is 1.53. The van der Waals surface area contributed by atoms with Gasteiger partial charge in [-0.25, -0.2) is 4.79 Å². The average Bonchev–Trinajstić information content (AvgIpc) is 3.00. The van der Waals surface area contributed by atoms with Crippen LogP contribution in [-0.4, -0.2) is 81.9 Å². The van der Waals surface area contributed by atoms with Crippen LogP contribution in [0.15, 0.2) is 0 Å². The molecule has 3 atom stereocenters. The van der Waals surface area contributed by atoms with E-state index in [4.69, 9.17) is 32.7 Å². The number of nitrogens with zero attached hydrogens (tertiary/aromatic N) is 1. The third-order valence-electron chi connectivity index (χ3n) is 4.02. The van der Waals surface area contributed by atoms with E-state index >= 15 is 0 Å². The van der Waals surface area contributed by atoms with Gasteiger partial charge in [0, 0.05) is 6.54 Å². The molecule has 2 fully saturated rings. The molecule has 2 heterocycles. The van der Waals surface area contributed by atoms with Crippen LogP contribution in [0.25, 0.3) is 0 Å². The van der Waals surface area contributed by atoms with Crippen LogP contribution >= 0.6 is 11.6 Å². The fraction of sp³-hybridized carbons (Fsp3) is 0.857. The van der Waals surface area contributed by atoms with Gasteiger partial charge in [-0.3, -0.25) is 20.7 Å². The minimum Gasteiger partial charge on any atom is -0.394 e. The molecule has 10 nitrogen and oxygen atoms in total. The molecule has 0 aromatic heterocycles. The summed E-state index contributed by atoms with van der Waals surface area (Å²) in [6.07, 6.45) is 2.74. The highest BCUT2D eigenvalue weighted by Crippen LogP contribution is 2.17. The molecule has 146 valence electrons. The summed E-state index contributed by atoms with van der Waals surface area (Å²) >= 11 is 5.89. The van der Waals surface area contributed by atoms with Gasteiger partial charge in [0.2, 0.25) is 5.91 Å². The minimum absolute atomic E-state index is 0.317. The second-order valence-electron chi connectivity index (χ2n) is 6.15. The van der Waals surface area contributed by atoms with Gasteiger partial charge in [-0.05, 0) is 6.42 Å². The van der Waals surface area contributed by atoms with Crippen molar-refractivity contribution in [1.29, 1.82) is 0 Å². The molecule has 2 aliphatic rings. The van der Waals surface area contributed by atoms with Gasteiger partial charge in [-0.15, -0.1) is 0 Å². The number of rotatable bonds is 7. The Morgan fingerprint density at radius 3 is 2.24 bits per heavy atom. The van der Waals surface area contributed by atoms with Crippen LogP contribution in [0, 0.1) is 0 Å². The van der Waals surface area contributed by atoms with E-state index in [1.807, 2.05) is 0 Å². The Morgan fingerprint density at radius 2 is 1.76 bits per heavy atom. The zero-order valence-corrected chi connectivity index (χ0v) is 15.0. The Hall–Kier alpha value is -1.01. The predicted octanol–water partition coefficient (Wildman–Crippen LogP) is -2.20. The van der Waals surface area contributed by atoms with Gasteiger partial charge in [-0.2, -0.15) is 0 Å². The van der Waals surface area contributed by atoms with Crippen molar-refractivity contribution < 1.29 is 24.9 Å². The number of nitrogens with one attached hydrogen (secondary N) is 3. The quantitative estimate of drug-likeness (QED) is 0.148. The molecular formula is C14H28ClN5O5. The highest BCUT2D eigenvalue weighted by Gasteiger charge is 2.46. The van der Waals surface area contributed by atoms with E-state index < -0.39 is 37.0 Å². The summed E-state index contributed by atoms with van der Waals surface area (Å²) in [5, 5.41) is 33.2. The number of unbranched alkanes of at least 4 members (excludes halogenated alkanes) is 2. The van der Waals surface area contributed by atoms with Crippen molar-refractivity contribution in [1.82, 2.24) is 20.9 Å². The topological polar surface area (TPSA) is 160 Å². The van der Waals surface area contributed by atoms with Gasteiger partial charge < -0.3 is 26.0 Å². The zero-order chi connectivity index (χ0) is 19.0. The maximum Gasteiger partial charge on any atom is 0.325 e. The number of amides is 3. The number of nitrogens with two attached hydrogens (primary N) is 1. The molecule has 0 aliphatic carbocycles. The molecule has 0 radical (unpaired) electrons. The van der Waals surface area contributed by atoms with Crippen molar-refractivity contribution in [3.05, 3.63) is 0 Å². The fourth-order valence-electron chi connectivity index (χ4n) is 2.34. The second kappa shape index (κ2) is 10.2. The molecule has 0 saturated carbocycles. The molecule has 0 aromatic rings. The molecular weight excluding hydrogens is 354 g/mol. The summed E-state index contributed by atoms with van der Waals surface area (Å²) in [5.74, 6) is -0.317. The number of carbonyl (C=O) groups is 2. The van der Waals surface area contributed by atoms with E-state index in [0.29, 0.717) is 6.54 Å². The maximum atomic E-state index is 11.7. The van der Waals surface area contributed by atoms with Crippen LogP contribution in [0.4, 0.5) is 4.79 Å². The van der Waals surface area contributed by atoms with Crippen LogP contribution in [0.1, 0.15) is 26.2 Å². The number of imide groups is 1. The lowest BCUT2D eigenvalue weighted by Gasteiger charge is -2.35. The van der Waals surface area contributed by atoms with Gasteiger partial charge in [-0.1, -0.05) is 31.4 Å². The molecule has 0 bridgehead atoms. The van der Waals surface area contributed by atoms with E-state index in [1.165, 1.54) is 0 Å². The predicted molar refractivity (Wildman–Crippen MR) is 91.4 cm³/mol. The van der Waals surface area contributed by atoms with Crippen molar-refractivity contribution in [2.45, 2.75) is 49.6 Å². The van der Waals surface area contributed by atoms with Crippen LogP contribution in [0.5, 0.6) is 0 Å². The molecule has 2 saturated heterocycles. The molecule has 3 amide bonds. The van der Waals surface area contributed by atoms with Crippen molar-refractivity contribution in [2.75, 3.05) is 26.4 Å². The Labute approximate surface area is 151 Å². The monoisotopic (exact) mass is 381 g/mol. The number of alkyl halides is 1. The molecule has 2 aliphatic heterocycles. The molecule has 0 aromatic carbocycles. The van der Waals surface area contributed by atoms with E-state index in [2.05, 4.69) is 22.9 Å². The first-order valence-corrected chi connectivity index (χ1v) is 8.64. The lowest BCUT2D eigenvalue weighted by atomic mass is 10.1. The number of aliphatic hydroxyl groups is 3. The number of aliphatic hydroxyl groups excluding tert-OH is 3. The first kappa shape index (κ1) is 22.0. The Kier molecular flexibility index (Phi) is 9.00. The Morgan fingerprint density at radius 1 is 1.16 bits per heavy atom. The average molecular weight is 382 g/mol. The van der Waals surface area contributed by atoms with Crippen molar-refractivity contribution in [2.24, 2.45) is 5.73 Å². The lowest BCUT2D eigenvalue weighted by Crippen LogP contribution is -2.65. The lowest BCUT2D eigenvalue weighted by molar-refractivity contribution is -0.124. The smallest absolute Gasteiger partial charge is 0.325 e. The normalized spacial score (nSPS) is 26.0. The number of fused-ring (bicyclic) bond motifs is 1. The van der Waals surface area contributed by atoms with Crippen molar-refractivity contribution >= 4 is 23.5 Å². The molecule has 2 rings (SSSR count). The first-order chi connectivity index (χ1) is 11.8. The van der Waals surface area contributed by atoms with E-state index in [1.54, 1.807) is 4.90 Å². The van der Waals surface area contributed by atoms with Crippen molar-refractivity contribution in [3.8, 4) is 0 Å². The third-order valence-corrected chi connectivity index (χ3v) is 4.27. The fourth-order valence-corrected chi connectivity index (χ4v) is 2.60. The van der Waals surface area contributed by atoms with Crippen LogP contribution < -0.4 is 21.7 Å². The largest absolute Gasteiger partial charge is 0.394 e. The molecule has 25 heavy (non-hydrogen) atoms. The number of halogens is 1. The Bertz CT molecular complexity index is 443. The van der Waals surface area contributed by atoms with Crippen LogP contribution in [0.3, 0.4) is 0 Å². The second-order valence-corrected chi connectivity index (χ2v) is 6.59. The summed E-state index contributed by atoms with van der Waals surface area (Å²) in [7, 11) is 0. The molecule has 3 unspecified atom stereocenters. The van der Waals surface area contributed by atoms with Gasteiger partial charge in [0.15, 0.2) is 0 Å². The molecule has 8 N–H and O–H groups in total. The SMILES string of the molecule is CCCCCN1C(=O)NC(=O)C2NC(Cl)NC21.NC(CO)(CO)CO. The van der Waals surface area contributed by atoms with Gasteiger partial charge in [0.1, 0.15) is 17.8 Å². The number of urea groups is 1. The highest BCUT2D eigenvalue weighted by atomic mass is 35.5. The van der Waals surface area contributed by atoms with Gasteiger partial charge >= 0.3 is 6.03 Å². The zero-order valence-electron chi connectivity index (χ0n) is 14.2. The number of carbonyl (C=O) groups excluding carboxylic acids is 2. The van der Waals surface area contributed by atoms with E-state index in [9.17, 15) is 9.59 Å². The molecule has 0 spiro atoms. The number of hydrogen-bond donors (Lipinski definition) is 7. The first-order valence-electron chi connectivity index (χ1n) is 8.21. The van der Waals surface area contributed by atoms with E-state index in [0.717, 1.165) is 19.3 Å². The number of hydrogen-bond acceptors (Lipinski definition) is 8. The maximum absolute atomic E-state index is 11.7. The minimum atomic E-state index is -1.21. The van der Waals surface area contributed by atoms with E-state index in [-0.39, 0.29) is 18.1 Å². The third kappa shape index (κ3) is 6.03. The highest BCUT2D eigenvalue weighted by molar-refractivity contribution is 6.20. The van der Waals surface area contributed by atoms with Crippen molar-refractivity contribution in [3.63, 3.8) is 0 Å². The summed E-state index contributed by atoms with van der Waals surface area (Å²) in [6, 6.07) is -0.802. The summed E-state index contributed by atoms with van der Waals surface area (Å²) in [5.41, 5.74) is 3.46. The van der Waals surface area contributed by atoms with Crippen LogP contribution in [0.2, 0.25) is 0 Å². The Balaban J connectivity index is 0.000000333. The van der Waals surface area contributed by atoms with Gasteiger partial charge in [0.05, 0.1) is 25.4 Å². The summed E-state index contributed by atoms with van der Waals surface area (Å²) in [4.78, 5) is 25.0. The standard InChI is InChI=1S/C10H17ClN4O2.C4H11NO3/c1-2-3-4-5-15-7-6(12-9(11)13-7)8(16)14-10(15)17;5-4(1-6,2-7)3-8/h6-7,9,12-13H,2-5H2,1H3,(H,14,16,17);6-8H,1-3,5H2. The molecule has 11 heteroatoms. The summed E-state index contributed by atoms with van der Waals surface area (Å²) < 4.78 is 0. The van der Waals surface area contributed by atoms with Crippen LogP contribution in [-0.2, 0) is 4.79 Å². The van der Waals surface area contributed by atoms with Gasteiger partial charge in [0.25, 0.3) is 0 Å².